The second-order valence-corrected chi connectivity index (χ2v) is 3.79. The van der Waals surface area contributed by atoms with E-state index in [-0.39, 0.29) is 0 Å². The molecule has 82 valence electrons. The Balaban J connectivity index is 2.38. The second kappa shape index (κ2) is 2.72. The molecular weight excluding hydrogens is 210 g/mol. The van der Waals surface area contributed by atoms with Crippen molar-refractivity contribution in [1.29, 1.82) is 0 Å². The van der Waals surface area contributed by atoms with Gasteiger partial charge in [0.05, 0.1) is 0 Å². The van der Waals surface area contributed by atoms with Crippen molar-refractivity contribution < 1.29 is 17.6 Å². The van der Waals surface area contributed by atoms with E-state index in [0.717, 1.165) is 12.1 Å². The first-order chi connectivity index (χ1) is 6.81. The van der Waals surface area contributed by atoms with Crippen molar-refractivity contribution in [2.75, 3.05) is 0 Å². The zero-order chi connectivity index (χ0) is 11.3. The lowest BCUT2D eigenvalue weighted by Crippen LogP contribution is -2.46. The third-order valence-corrected chi connectivity index (χ3v) is 2.73. The molecule has 0 saturated heterocycles. The number of hydrogen-bond donors (Lipinski definition) is 1. The first-order valence-electron chi connectivity index (χ1n) is 4.41. The molecule has 1 aliphatic rings. The fraction of sp³-hybridized carbons (Fsp3) is 0.400. The zero-order valence-corrected chi connectivity index (χ0v) is 7.68. The summed E-state index contributed by atoms with van der Waals surface area (Å²) in [5.41, 5.74) is 1.85. The fourth-order valence-electron chi connectivity index (χ4n) is 1.55. The van der Waals surface area contributed by atoms with Crippen LogP contribution in [0.5, 0.6) is 0 Å². The first-order valence-corrected chi connectivity index (χ1v) is 4.41. The van der Waals surface area contributed by atoms with E-state index in [1.807, 2.05) is 0 Å². The molecule has 0 heterocycles. The summed E-state index contributed by atoms with van der Waals surface area (Å²) in [5.74, 6) is -7.18. The van der Waals surface area contributed by atoms with E-state index >= 15 is 0 Å². The average molecular weight is 219 g/mol. The van der Waals surface area contributed by atoms with Gasteiger partial charge in [0, 0.05) is 12.0 Å². The molecule has 2 N–H and O–H groups in total. The van der Waals surface area contributed by atoms with Crippen LogP contribution in [0.1, 0.15) is 12.0 Å². The van der Waals surface area contributed by atoms with Gasteiger partial charge in [0.15, 0.2) is 5.54 Å². The second-order valence-electron chi connectivity index (χ2n) is 3.79. The molecule has 0 spiro atoms. The van der Waals surface area contributed by atoms with Crippen molar-refractivity contribution in [3.05, 3.63) is 35.9 Å². The van der Waals surface area contributed by atoms with Gasteiger partial charge in [0.2, 0.25) is 0 Å². The molecule has 0 aromatic heterocycles. The van der Waals surface area contributed by atoms with E-state index in [4.69, 9.17) is 5.73 Å². The quantitative estimate of drug-likeness (QED) is 0.760. The molecule has 1 aromatic rings. The Morgan fingerprint density at radius 1 is 1.13 bits per heavy atom. The molecule has 5 heteroatoms. The molecule has 0 amide bonds. The summed E-state index contributed by atoms with van der Waals surface area (Å²) in [6.07, 6.45) is -0.970. The van der Waals surface area contributed by atoms with Crippen molar-refractivity contribution >= 4 is 0 Å². The van der Waals surface area contributed by atoms with Gasteiger partial charge in [-0.15, -0.1) is 0 Å². The molecule has 1 saturated carbocycles. The van der Waals surface area contributed by atoms with Crippen molar-refractivity contribution in [1.82, 2.24) is 0 Å². The van der Waals surface area contributed by atoms with Gasteiger partial charge in [-0.2, -0.15) is 8.78 Å². The smallest absolute Gasteiger partial charge is 0.296 e. The van der Waals surface area contributed by atoms with Gasteiger partial charge in [-0.05, 0) is 0 Å². The third kappa shape index (κ3) is 1.26. The highest BCUT2D eigenvalue weighted by Gasteiger charge is 2.80. The summed E-state index contributed by atoms with van der Waals surface area (Å²) in [6, 6.07) is 6.47. The van der Waals surface area contributed by atoms with Crippen LogP contribution in [0.2, 0.25) is 0 Å². The normalized spacial score (nSPS) is 28.9. The number of hydrogen-bond acceptors (Lipinski definition) is 1. The van der Waals surface area contributed by atoms with Crippen LogP contribution in [0.25, 0.3) is 0 Å². The van der Waals surface area contributed by atoms with E-state index in [1.165, 1.54) is 18.2 Å². The SMILES string of the molecule is NC1(C(F)(F)c2ccccc2)CC1(F)F. The van der Waals surface area contributed by atoms with Crippen molar-refractivity contribution in [3.8, 4) is 0 Å². The maximum absolute atomic E-state index is 13.6. The van der Waals surface area contributed by atoms with E-state index in [1.54, 1.807) is 0 Å². The summed E-state index contributed by atoms with van der Waals surface area (Å²) in [6.45, 7) is 0. The number of benzene rings is 1. The number of halogens is 4. The standard InChI is InChI=1S/C10H9F4N/c11-9(12)6-8(9,15)10(13,14)7-4-2-1-3-5-7/h1-5H,6,15H2. The minimum atomic E-state index is -3.70. The largest absolute Gasteiger partial charge is 0.315 e. The molecule has 0 aliphatic heterocycles. The predicted molar refractivity (Wildman–Crippen MR) is 46.8 cm³/mol. The maximum Gasteiger partial charge on any atom is 0.296 e. The Hall–Kier alpha value is -1.10. The van der Waals surface area contributed by atoms with E-state index < -0.39 is 29.4 Å². The van der Waals surface area contributed by atoms with Crippen LogP contribution >= 0.6 is 0 Å². The minimum Gasteiger partial charge on any atom is -0.315 e. The van der Waals surface area contributed by atoms with E-state index in [9.17, 15) is 17.6 Å². The van der Waals surface area contributed by atoms with Gasteiger partial charge < -0.3 is 5.73 Å². The molecule has 1 fully saturated rings. The van der Waals surface area contributed by atoms with Crippen molar-refractivity contribution in [2.24, 2.45) is 5.73 Å². The third-order valence-electron chi connectivity index (χ3n) is 2.73. The van der Waals surface area contributed by atoms with Gasteiger partial charge in [-0.3, -0.25) is 0 Å². The van der Waals surface area contributed by atoms with Gasteiger partial charge >= 0.3 is 0 Å². The Labute approximate surface area is 83.9 Å². The number of nitrogens with two attached hydrogens (primary N) is 1. The molecule has 1 nitrogen and oxygen atoms in total. The topological polar surface area (TPSA) is 26.0 Å². The fourth-order valence-corrected chi connectivity index (χ4v) is 1.55. The van der Waals surface area contributed by atoms with Crippen LogP contribution < -0.4 is 5.73 Å². The Morgan fingerprint density at radius 3 is 2.00 bits per heavy atom. The lowest BCUT2D eigenvalue weighted by molar-refractivity contribution is -0.0820. The molecule has 1 atom stereocenters. The predicted octanol–water partition coefficient (Wildman–Crippen LogP) is 2.51. The van der Waals surface area contributed by atoms with E-state index in [0.29, 0.717) is 0 Å². The average Bonchev–Trinajstić information content (AvgIpc) is 2.69. The number of rotatable bonds is 2. The molecule has 0 bridgehead atoms. The summed E-state index contributed by atoms with van der Waals surface area (Å²) < 4.78 is 52.7. The monoisotopic (exact) mass is 219 g/mol. The number of alkyl halides is 4. The van der Waals surface area contributed by atoms with Gasteiger partial charge in [0.25, 0.3) is 11.8 Å². The molecule has 1 aromatic carbocycles. The molecule has 0 radical (unpaired) electrons. The molecular formula is C10H9F4N. The van der Waals surface area contributed by atoms with Gasteiger partial charge in [0.1, 0.15) is 0 Å². The summed E-state index contributed by atoms with van der Waals surface area (Å²) in [4.78, 5) is 0. The molecule has 2 rings (SSSR count). The van der Waals surface area contributed by atoms with Crippen LogP contribution in [0.15, 0.2) is 30.3 Å². The Morgan fingerprint density at radius 2 is 1.60 bits per heavy atom. The highest BCUT2D eigenvalue weighted by molar-refractivity contribution is 5.33. The zero-order valence-electron chi connectivity index (χ0n) is 7.68. The van der Waals surface area contributed by atoms with Crippen molar-refractivity contribution in [3.63, 3.8) is 0 Å². The highest BCUT2D eigenvalue weighted by Crippen LogP contribution is 2.61. The summed E-state index contributed by atoms with van der Waals surface area (Å²) in [7, 11) is 0. The Kier molecular flexibility index (Phi) is 1.89. The van der Waals surface area contributed by atoms with Gasteiger partial charge in [-0.25, -0.2) is 8.78 Å². The maximum atomic E-state index is 13.6. The Bertz CT molecular complexity index is 376. The van der Waals surface area contributed by atoms with Crippen LogP contribution in [0.3, 0.4) is 0 Å². The molecule has 1 unspecified atom stereocenters. The lowest BCUT2D eigenvalue weighted by Gasteiger charge is -2.23. The van der Waals surface area contributed by atoms with Crippen LogP contribution in [0, 0.1) is 0 Å². The van der Waals surface area contributed by atoms with Gasteiger partial charge in [-0.1, -0.05) is 30.3 Å². The molecule has 15 heavy (non-hydrogen) atoms. The van der Waals surface area contributed by atoms with Crippen LogP contribution in [-0.4, -0.2) is 11.5 Å². The van der Waals surface area contributed by atoms with Crippen LogP contribution in [0.4, 0.5) is 17.6 Å². The van der Waals surface area contributed by atoms with Crippen molar-refractivity contribution in [2.45, 2.75) is 23.8 Å². The summed E-state index contributed by atoms with van der Waals surface area (Å²) >= 11 is 0. The minimum absolute atomic E-state index is 0.468. The lowest BCUT2D eigenvalue weighted by atomic mass is 9.99. The van der Waals surface area contributed by atoms with Crippen LogP contribution in [-0.2, 0) is 5.92 Å². The highest BCUT2D eigenvalue weighted by atomic mass is 19.3. The summed E-state index contributed by atoms with van der Waals surface area (Å²) in [5, 5.41) is 0. The van der Waals surface area contributed by atoms with E-state index in [2.05, 4.69) is 0 Å². The first kappa shape index (κ1) is 10.4. The molecule has 1 aliphatic carbocycles.